The molecule has 0 unspecified atom stereocenters. The number of aryl methyl sites for hydroxylation is 3. The predicted molar refractivity (Wildman–Crippen MR) is 107 cm³/mol. The van der Waals surface area contributed by atoms with Crippen LogP contribution in [0.25, 0.3) is 0 Å². The van der Waals surface area contributed by atoms with Gasteiger partial charge in [0, 0.05) is 4.88 Å². The van der Waals surface area contributed by atoms with Crippen molar-refractivity contribution in [2.24, 2.45) is 0 Å². The Balaban J connectivity index is 1.73. The van der Waals surface area contributed by atoms with Gasteiger partial charge in [-0.05, 0) is 75.3 Å². The summed E-state index contributed by atoms with van der Waals surface area (Å²) in [5.74, 6) is 0.0687. The van der Waals surface area contributed by atoms with Crippen molar-refractivity contribution < 1.29 is 19.1 Å². The summed E-state index contributed by atoms with van der Waals surface area (Å²) in [4.78, 5) is 26.0. The van der Waals surface area contributed by atoms with Gasteiger partial charge in [-0.1, -0.05) is 6.07 Å². The molecular formula is C21H25NO4S. The number of thiophene rings is 1. The van der Waals surface area contributed by atoms with Crippen LogP contribution in [0, 0.1) is 20.8 Å². The van der Waals surface area contributed by atoms with Crippen molar-refractivity contribution in [3.63, 3.8) is 0 Å². The lowest BCUT2D eigenvalue weighted by Gasteiger charge is -2.12. The third-order valence-electron chi connectivity index (χ3n) is 4.78. The summed E-state index contributed by atoms with van der Waals surface area (Å²) in [6, 6.07) is 4.01. The molecule has 0 bridgehead atoms. The average Bonchev–Trinajstić information content (AvgIpc) is 3.17. The van der Waals surface area contributed by atoms with Gasteiger partial charge in [-0.25, -0.2) is 4.79 Å². The fourth-order valence-corrected chi connectivity index (χ4v) is 4.66. The van der Waals surface area contributed by atoms with Crippen LogP contribution >= 0.6 is 11.3 Å². The molecule has 144 valence electrons. The molecule has 1 heterocycles. The number of nitrogens with one attached hydrogen (secondary N) is 1. The number of carbonyl (C=O) groups is 2. The first-order chi connectivity index (χ1) is 12.9. The lowest BCUT2D eigenvalue weighted by atomic mass is 10.1. The highest BCUT2D eigenvalue weighted by Gasteiger charge is 2.28. The van der Waals surface area contributed by atoms with Crippen LogP contribution in [-0.2, 0) is 22.4 Å². The minimum atomic E-state index is -0.363. The largest absolute Gasteiger partial charge is 0.483 e. The van der Waals surface area contributed by atoms with E-state index in [1.54, 1.807) is 6.92 Å². The fraction of sp³-hybridized carbons (Fsp3) is 0.429. The summed E-state index contributed by atoms with van der Waals surface area (Å²) in [6.45, 7) is 7.99. The first kappa shape index (κ1) is 19.4. The van der Waals surface area contributed by atoms with E-state index in [1.165, 1.54) is 16.2 Å². The summed E-state index contributed by atoms with van der Waals surface area (Å²) >= 11 is 1.47. The zero-order valence-corrected chi connectivity index (χ0v) is 17.0. The van der Waals surface area contributed by atoms with E-state index in [-0.39, 0.29) is 18.5 Å². The Bertz CT molecular complexity index is 885. The summed E-state index contributed by atoms with van der Waals surface area (Å²) in [5.41, 5.74) is 4.79. The van der Waals surface area contributed by atoms with Gasteiger partial charge in [-0.2, -0.15) is 0 Å². The second-order valence-electron chi connectivity index (χ2n) is 6.82. The first-order valence-electron chi connectivity index (χ1n) is 9.22. The molecule has 6 heteroatoms. The van der Waals surface area contributed by atoms with Crippen LogP contribution in [-0.4, -0.2) is 25.1 Å². The van der Waals surface area contributed by atoms with Gasteiger partial charge < -0.3 is 14.8 Å². The lowest BCUT2D eigenvalue weighted by Crippen LogP contribution is -2.21. The highest BCUT2D eigenvalue weighted by atomic mass is 32.1. The van der Waals surface area contributed by atoms with E-state index in [4.69, 9.17) is 9.47 Å². The second kappa shape index (κ2) is 8.13. The molecule has 0 radical (unpaired) electrons. The molecule has 0 fully saturated rings. The van der Waals surface area contributed by atoms with Crippen LogP contribution in [0.5, 0.6) is 5.75 Å². The molecule has 1 aromatic carbocycles. The Kier molecular flexibility index (Phi) is 5.85. The third kappa shape index (κ3) is 4.16. The van der Waals surface area contributed by atoms with Crippen LogP contribution < -0.4 is 10.1 Å². The van der Waals surface area contributed by atoms with Crippen LogP contribution in [0.3, 0.4) is 0 Å². The summed E-state index contributed by atoms with van der Waals surface area (Å²) in [6.07, 6.45) is 2.84. The highest BCUT2D eigenvalue weighted by Crippen LogP contribution is 2.39. The number of esters is 1. The third-order valence-corrected chi connectivity index (χ3v) is 5.98. The van der Waals surface area contributed by atoms with Gasteiger partial charge in [0.1, 0.15) is 10.8 Å². The van der Waals surface area contributed by atoms with Crippen LogP contribution in [0.4, 0.5) is 5.00 Å². The molecular weight excluding hydrogens is 362 g/mol. The summed E-state index contributed by atoms with van der Waals surface area (Å²) < 4.78 is 10.9. The number of rotatable bonds is 6. The number of carbonyl (C=O) groups excluding carboxylic acids is 2. The van der Waals surface area contributed by atoms with E-state index in [1.807, 2.05) is 26.8 Å². The number of ether oxygens (including phenoxy) is 2. The molecule has 1 N–H and O–H groups in total. The van der Waals surface area contributed by atoms with Crippen molar-refractivity contribution in [3.05, 3.63) is 44.8 Å². The minimum absolute atomic E-state index is 0.103. The average molecular weight is 388 g/mol. The molecule has 0 saturated carbocycles. The Morgan fingerprint density at radius 1 is 1.19 bits per heavy atom. The van der Waals surface area contributed by atoms with Gasteiger partial charge in [-0.3, -0.25) is 4.79 Å². The summed E-state index contributed by atoms with van der Waals surface area (Å²) in [5, 5.41) is 3.43. The maximum atomic E-state index is 12.4. The van der Waals surface area contributed by atoms with E-state index in [2.05, 4.69) is 11.4 Å². The number of hydrogen-bond acceptors (Lipinski definition) is 5. The monoisotopic (exact) mass is 387 g/mol. The Labute approximate surface area is 163 Å². The van der Waals surface area contributed by atoms with Crippen LogP contribution in [0.1, 0.15) is 50.8 Å². The van der Waals surface area contributed by atoms with Gasteiger partial charge in [0.2, 0.25) is 0 Å². The van der Waals surface area contributed by atoms with Crippen molar-refractivity contribution in [2.45, 2.75) is 47.0 Å². The zero-order chi connectivity index (χ0) is 19.6. The molecule has 1 amide bonds. The van der Waals surface area contributed by atoms with E-state index >= 15 is 0 Å². The fourth-order valence-electron chi connectivity index (χ4n) is 3.37. The topological polar surface area (TPSA) is 64.6 Å². The number of amides is 1. The van der Waals surface area contributed by atoms with Crippen LogP contribution in [0.2, 0.25) is 0 Å². The molecule has 27 heavy (non-hydrogen) atoms. The Morgan fingerprint density at radius 2 is 1.96 bits per heavy atom. The smallest absolute Gasteiger partial charge is 0.341 e. The van der Waals surface area contributed by atoms with Crippen molar-refractivity contribution in [1.29, 1.82) is 0 Å². The Hall–Kier alpha value is -2.34. The highest BCUT2D eigenvalue weighted by molar-refractivity contribution is 7.17. The van der Waals surface area contributed by atoms with Gasteiger partial charge >= 0.3 is 5.97 Å². The number of fused-ring (bicyclic) bond motifs is 1. The maximum absolute atomic E-state index is 12.4. The molecule has 0 atom stereocenters. The second-order valence-corrected chi connectivity index (χ2v) is 7.93. The standard InChI is InChI=1S/C21H25NO4S/c1-5-25-21(24)19-15-7-6-8-17(15)27-20(19)22-18(23)11-26-16-10-12(2)9-13(3)14(16)4/h9-10H,5-8,11H2,1-4H3,(H,22,23). The van der Waals surface area contributed by atoms with Crippen LogP contribution in [0.15, 0.2) is 12.1 Å². The maximum Gasteiger partial charge on any atom is 0.341 e. The number of hydrogen-bond donors (Lipinski definition) is 1. The Morgan fingerprint density at radius 3 is 2.70 bits per heavy atom. The van der Waals surface area contributed by atoms with Crippen molar-refractivity contribution in [1.82, 2.24) is 0 Å². The van der Waals surface area contributed by atoms with Gasteiger partial charge in [0.15, 0.2) is 6.61 Å². The molecule has 1 aliphatic carbocycles. The molecule has 2 aromatic rings. The van der Waals surface area contributed by atoms with Gasteiger partial charge in [0.05, 0.1) is 12.2 Å². The van der Waals surface area contributed by atoms with Gasteiger partial charge in [0.25, 0.3) is 5.91 Å². The molecule has 1 aliphatic rings. The van der Waals surface area contributed by atoms with E-state index in [0.717, 1.165) is 41.5 Å². The van der Waals surface area contributed by atoms with Crippen molar-refractivity contribution in [3.8, 4) is 5.75 Å². The molecule has 3 rings (SSSR count). The molecule has 0 spiro atoms. The molecule has 0 saturated heterocycles. The van der Waals surface area contributed by atoms with E-state index in [0.29, 0.717) is 22.9 Å². The van der Waals surface area contributed by atoms with Crippen molar-refractivity contribution >= 4 is 28.2 Å². The number of benzene rings is 1. The van der Waals surface area contributed by atoms with E-state index in [9.17, 15) is 9.59 Å². The van der Waals surface area contributed by atoms with Crippen molar-refractivity contribution in [2.75, 3.05) is 18.5 Å². The summed E-state index contributed by atoms with van der Waals surface area (Å²) in [7, 11) is 0. The quantitative estimate of drug-likeness (QED) is 0.748. The van der Waals surface area contributed by atoms with E-state index < -0.39 is 0 Å². The normalized spacial score (nSPS) is 12.6. The zero-order valence-electron chi connectivity index (χ0n) is 16.2. The minimum Gasteiger partial charge on any atom is -0.483 e. The molecule has 0 aliphatic heterocycles. The predicted octanol–water partition coefficient (Wildman–Crippen LogP) is 4.36. The SMILES string of the molecule is CCOC(=O)c1c(NC(=O)COc2cc(C)cc(C)c2C)sc2c1CCC2. The lowest BCUT2D eigenvalue weighted by molar-refractivity contribution is -0.118. The first-order valence-corrected chi connectivity index (χ1v) is 10.0. The number of anilines is 1. The van der Waals surface area contributed by atoms with Gasteiger partial charge in [-0.15, -0.1) is 11.3 Å². The molecule has 1 aromatic heterocycles. The molecule has 5 nitrogen and oxygen atoms in total.